The lowest BCUT2D eigenvalue weighted by Crippen LogP contribution is -2.26. The lowest BCUT2D eigenvalue weighted by Gasteiger charge is -2.12. The summed E-state index contributed by atoms with van der Waals surface area (Å²) < 4.78 is 25.8. The van der Waals surface area contributed by atoms with Gasteiger partial charge in [0.05, 0.1) is 25.5 Å². The smallest absolute Gasteiger partial charge is 0.255 e. The molecule has 0 fully saturated rings. The summed E-state index contributed by atoms with van der Waals surface area (Å²) in [6.45, 7) is 0.403. The molecule has 0 radical (unpaired) electrons. The van der Waals surface area contributed by atoms with E-state index in [1.165, 1.54) is 37.7 Å². The van der Waals surface area contributed by atoms with E-state index in [2.05, 4.69) is 15.4 Å². The molecule has 0 saturated carbocycles. The van der Waals surface area contributed by atoms with Crippen molar-refractivity contribution in [2.24, 2.45) is 0 Å². The molecule has 0 aliphatic carbocycles. The molecule has 2 heterocycles. The Kier molecular flexibility index (Phi) is 5.62. The number of carbonyl (C=O) groups excluding carboxylic acids is 1. The molecule has 1 N–H and O–H groups in total. The predicted molar refractivity (Wildman–Crippen MR) is 112 cm³/mol. The minimum atomic E-state index is -0.332. The standard InChI is InChI=1S/C21H19FN4O3S/c1-28-17-8-4-7-16(18(17)29-2)20(27)23-10-9-15-12-30-21-24-19(25-26(15)21)13-5-3-6-14(22)11-13/h3-8,11-12H,9-10H2,1-2H3,(H,23,27). The van der Waals surface area contributed by atoms with Crippen molar-refractivity contribution in [3.05, 3.63) is 64.9 Å². The molecule has 30 heavy (non-hydrogen) atoms. The second-order valence-corrected chi connectivity index (χ2v) is 7.25. The Morgan fingerprint density at radius 3 is 2.80 bits per heavy atom. The first-order valence-corrected chi connectivity index (χ1v) is 10.1. The van der Waals surface area contributed by atoms with E-state index >= 15 is 0 Å². The molecule has 0 saturated heterocycles. The number of benzene rings is 2. The zero-order chi connectivity index (χ0) is 21.1. The number of halogens is 1. The van der Waals surface area contributed by atoms with Crippen molar-refractivity contribution in [2.75, 3.05) is 20.8 Å². The second kappa shape index (κ2) is 8.50. The Morgan fingerprint density at radius 2 is 2.03 bits per heavy atom. The maximum atomic E-state index is 13.5. The SMILES string of the molecule is COc1cccc(C(=O)NCCc2csc3nc(-c4cccc(F)c4)nn23)c1OC. The topological polar surface area (TPSA) is 77.8 Å². The van der Waals surface area contributed by atoms with Gasteiger partial charge < -0.3 is 14.8 Å². The van der Waals surface area contributed by atoms with Crippen LogP contribution >= 0.6 is 11.3 Å². The van der Waals surface area contributed by atoms with Crippen LogP contribution in [0.4, 0.5) is 4.39 Å². The first-order valence-electron chi connectivity index (χ1n) is 9.19. The van der Waals surface area contributed by atoms with E-state index in [-0.39, 0.29) is 11.7 Å². The Balaban J connectivity index is 1.46. The van der Waals surface area contributed by atoms with Crippen molar-refractivity contribution < 1.29 is 18.7 Å². The van der Waals surface area contributed by atoms with Crippen molar-refractivity contribution in [1.82, 2.24) is 19.9 Å². The average molecular weight is 426 g/mol. The third-order valence-corrected chi connectivity index (χ3v) is 5.41. The van der Waals surface area contributed by atoms with Crippen LogP contribution in [0, 0.1) is 5.82 Å². The van der Waals surface area contributed by atoms with Gasteiger partial charge in [-0.2, -0.15) is 4.98 Å². The summed E-state index contributed by atoms with van der Waals surface area (Å²) in [5, 5.41) is 9.33. The average Bonchev–Trinajstić information content (AvgIpc) is 3.34. The van der Waals surface area contributed by atoms with Gasteiger partial charge in [-0.1, -0.05) is 18.2 Å². The second-order valence-electron chi connectivity index (χ2n) is 6.41. The molecule has 7 nitrogen and oxygen atoms in total. The van der Waals surface area contributed by atoms with Crippen molar-refractivity contribution in [3.63, 3.8) is 0 Å². The molecular weight excluding hydrogens is 407 g/mol. The first kappa shape index (κ1) is 19.8. The Bertz CT molecular complexity index is 1200. The summed E-state index contributed by atoms with van der Waals surface area (Å²) >= 11 is 1.45. The third kappa shape index (κ3) is 3.84. The highest BCUT2D eigenvalue weighted by molar-refractivity contribution is 7.15. The van der Waals surface area contributed by atoms with Gasteiger partial charge in [-0.05, 0) is 24.3 Å². The molecule has 4 aromatic rings. The van der Waals surface area contributed by atoms with Crippen molar-refractivity contribution in [1.29, 1.82) is 0 Å². The Hall–Kier alpha value is -3.46. The fraction of sp³-hybridized carbons (Fsp3) is 0.190. The normalized spacial score (nSPS) is 10.9. The molecule has 2 aromatic carbocycles. The number of ether oxygens (including phenoxy) is 2. The number of nitrogens with one attached hydrogen (secondary N) is 1. The molecule has 154 valence electrons. The highest BCUT2D eigenvalue weighted by atomic mass is 32.1. The molecule has 4 rings (SSSR count). The van der Waals surface area contributed by atoms with Gasteiger partial charge in [0, 0.05) is 23.9 Å². The van der Waals surface area contributed by atoms with Crippen LogP contribution in [0.5, 0.6) is 11.5 Å². The van der Waals surface area contributed by atoms with Gasteiger partial charge in [-0.15, -0.1) is 16.4 Å². The largest absolute Gasteiger partial charge is 0.493 e. The lowest BCUT2D eigenvalue weighted by atomic mass is 10.1. The number of hydrogen-bond donors (Lipinski definition) is 1. The molecule has 0 atom stereocenters. The van der Waals surface area contributed by atoms with Crippen molar-refractivity contribution in [2.45, 2.75) is 6.42 Å². The van der Waals surface area contributed by atoms with Crippen LogP contribution in [0.3, 0.4) is 0 Å². The van der Waals surface area contributed by atoms with Gasteiger partial charge in [0.15, 0.2) is 17.3 Å². The number of carbonyl (C=O) groups is 1. The summed E-state index contributed by atoms with van der Waals surface area (Å²) in [5.41, 5.74) is 1.93. The van der Waals surface area contributed by atoms with Gasteiger partial charge >= 0.3 is 0 Å². The van der Waals surface area contributed by atoms with Gasteiger partial charge in [0.1, 0.15) is 5.82 Å². The predicted octanol–water partition coefficient (Wildman–Crippen LogP) is 3.59. The fourth-order valence-electron chi connectivity index (χ4n) is 3.11. The maximum absolute atomic E-state index is 13.5. The number of methoxy groups -OCH3 is 2. The monoisotopic (exact) mass is 426 g/mol. The van der Waals surface area contributed by atoms with Crippen LogP contribution in [0.15, 0.2) is 47.8 Å². The molecular formula is C21H19FN4O3S. The zero-order valence-electron chi connectivity index (χ0n) is 16.4. The van der Waals surface area contributed by atoms with E-state index in [4.69, 9.17) is 9.47 Å². The number of rotatable bonds is 7. The van der Waals surface area contributed by atoms with E-state index in [0.717, 1.165) is 5.69 Å². The molecule has 9 heteroatoms. The van der Waals surface area contributed by atoms with Gasteiger partial charge in [-0.3, -0.25) is 4.79 Å². The minimum absolute atomic E-state index is 0.253. The number of hydrogen-bond acceptors (Lipinski definition) is 6. The van der Waals surface area contributed by atoms with Crippen LogP contribution in [0.2, 0.25) is 0 Å². The Labute approximate surface area is 176 Å². The highest BCUT2D eigenvalue weighted by Crippen LogP contribution is 2.30. The fourth-order valence-corrected chi connectivity index (χ4v) is 3.97. The summed E-state index contributed by atoms with van der Waals surface area (Å²) in [5.74, 6) is 0.772. The summed E-state index contributed by atoms with van der Waals surface area (Å²) in [6, 6.07) is 11.3. The minimum Gasteiger partial charge on any atom is -0.493 e. The van der Waals surface area contributed by atoms with Crippen LogP contribution in [-0.4, -0.2) is 41.3 Å². The van der Waals surface area contributed by atoms with E-state index in [9.17, 15) is 9.18 Å². The van der Waals surface area contributed by atoms with Crippen LogP contribution in [0.1, 0.15) is 16.1 Å². The summed E-state index contributed by atoms with van der Waals surface area (Å²) in [6.07, 6.45) is 0.559. The lowest BCUT2D eigenvalue weighted by molar-refractivity contribution is 0.0950. The number of amides is 1. The number of thiazole rings is 1. The molecule has 0 spiro atoms. The quantitative estimate of drug-likeness (QED) is 0.489. The first-order chi connectivity index (χ1) is 14.6. The van der Waals surface area contributed by atoms with Gasteiger partial charge in [0.25, 0.3) is 5.91 Å². The van der Waals surface area contributed by atoms with Crippen LogP contribution in [0.25, 0.3) is 16.3 Å². The van der Waals surface area contributed by atoms with Crippen LogP contribution < -0.4 is 14.8 Å². The summed E-state index contributed by atoms with van der Waals surface area (Å²) in [4.78, 5) is 17.8. The van der Waals surface area contributed by atoms with E-state index in [1.54, 1.807) is 34.8 Å². The van der Waals surface area contributed by atoms with E-state index in [1.807, 2.05) is 5.38 Å². The highest BCUT2D eigenvalue weighted by Gasteiger charge is 2.17. The summed E-state index contributed by atoms with van der Waals surface area (Å²) in [7, 11) is 3.02. The number of para-hydroxylation sites is 1. The third-order valence-electron chi connectivity index (χ3n) is 4.55. The number of aromatic nitrogens is 3. The Morgan fingerprint density at radius 1 is 1.20 bits per heavy atom. The van der Waals surface area contributed by atoms with Crippen molar-refractivity contribution >= 4 is 22.2 Å². The molecule has 0 aliphatic heterocycles. The zero-order valence-corrected chi connectivity index (χ0v) is 17.2. The number of fused-ring (bicyclic) bond motifs is 1. The maximum Gasteiger partial charge on any atom is 0.255 e. The van der Waals surface area contributed by atoms with Gasteiger partial charge in [0.2, 0.25) is 4.96 Å². The molecule has 0 unspecified atom stereocenters. The van der Waals surface area contributed by atoms with E-state index < -0.39 is 0 Å². The molecule has 0 bridgehead atoms. The van der Waals surface area contributed by atoms with Gasteiger partial charge in [-0.25, -0.2) is 8.91 Å². The van der Waals surface area contributed by atoms with Crippen LogP contribution in [-0.2, 0) is 6.42 Å². The molecule has 1 amide bonds. The van der Waals surface area contributed by atoms with Crippen molar-refractivity contribution in [3.8, 4) is 22.9 Å². The number of nitrogens with zero attached hydrogens (tertiary/aromatic N) is 3. The molecule has 2 aromatic heterocycles. The van der Waals surface area contributed by atoms with E-state index in [0.29, 0.717) is 46.4 Å². The molecule has 0 aliphatic rings.